The van der Waals surface area contributed by atoms with Crippen molar-refractivity contribution < 1.29 is 0 Å². The van der Waals surface area contributed by atoms with E-state index in [-0.39, 0.29) is 0 Å². The highest BCUT2D eigenvalue weighted by Crippen LogP contribution is 2.48. The Balaban J connectivity index is 1.78. The minimum Gasteiger partial charge on any atom is -0.311 e. The fourth-order valence-electron chi connectivity index (χ4n) is 2.04. The Morgan fingerprint density at radius 3 is 2.94 bits per heavy atom. The molecule has 0 saturated heterocycles. The molecule has 1 aliphatic rings. The van der Waals surface area contributed by atoms with Crippen LogP contribution in [0.5, 0.6) is 0 Å². The Hall–Kier alpha value is -0.600. The third-order valence-electron chi connectivity index (χ3n) is 3.49. The number of alkyl halides is 1. The highest BCUT2D eigenvalue weighted by molar-refractivity contribution is 6.17. The third-order valence-corrected chi connectivity index (χ3v) is 3.68. The molecule has 88 valence electrons. The van der Waals surface area contributed by atoms with E-state index in [9.17, 15) is 0 Å². The quantitative estimate of drug-likeness (QED) is 0.771. The van der Waals surface area contributed by atoms with Gasteiger partial charge in [0.1, 0.15) is 0 Å². The van der Waals surface area contributed by atoms with Gasteiger partial charge in [-0.1, -0.05) is 6.07 Å². The summed E-state index contributed by atoms with van der Waals surface area (Å²) < 4.78 is 0. The molecule has 0 aromatic carbocycles. The molecule has 1 heterocycles. The van der Waals surface area contributed by atoms with Crippen LogP contribution in [0.25, 0.3) is 0 Å². The molecule has 0 spiro atoms. The lowest BCUT2D eigenvalue weighted by Gasteiger charge is -2.14. The van der Waals surface area contributed by atoms with Gasteiger partial charge in [-0.15, -0.1) is 11.6 Å². The lowest BCUT2D eigenvalue weighted by molar-refractivity contribution is 0.443. The van der Waals surface area contributed by atoms with Crippen molar-refractivity contribution in [2.75, 3.05) is 12.4 Å². The zero-order chi connectivity index (χ0) is 11.4. The van der Waals surface area contributed by atoms with E-state index in [0.29, 0.717) is 5.41 Å². The van der Waals surface area contributed by atoms with Gasteiger partial charge in [-0.3, -0.25) is 4.98 Å². The Labute approximate surface area is 102 Å². The molecule has 1 aliphatic carbocycles. The highest BCUT2D eigenvalue weighted by Gasteiger charge is 2.41. The maximum Gasteiger partial charge on any atom is 0.0570 e. The molecule has 1 saturated carbocycles. The lowest BCUT2D eigenvalue weighted by Crippen LogP contribution is -2.24. The number of aromatic nitrogens is 1. The smallest absolute Gasteiger partial charge is 0.0570 e. The van der Waals surface area contributed by atoms with Crippen LogP contribution < -0.4 is 5.32 Å². The first kappa shape index (κ1) is 11.9. The Morgan fingerprint density at radius 1 is 1.50 bits per heavy atom. The molecule has 16 heavy (non-hydrogen) atoms. The van der Waals surface area contributed by atoms with Crippen molar-refractivity contribution in [2.24, 2.45) is 5.41 Å². The van der Waals surface area contributed by atoms with E-state index in [1.807, 2.05) is 12.3 Å². The molecule has 0 bridgehead atoms. The summed E-state index contributed by atoms with van der Waals surface area (Å²) in [6.45, 7) is 4.06. The summed E-state index contributed by atoms with van der Waals surface area (Å²) in [7, 11) is 0. The zero-order valence-corrected chi connectivity index (χ0v) is 10.6. The molecular formula is C13H19ClN2. The summed E-state index contributed by atoms with van der Waals surface area (Å²) in [4.78, 5) is 4.38. The first-order chi connectivity index (χ1) is 7.76. The molecule has 1 N–H and O–H groups in total. The Bertz CT molecular complexity index is 348. The predicted octanol–water partition coefficient (Wildman–Crippen LogP) is 2.89. The second-order valence-corrected chi connectivity index (χ2v) is 5.19. The monoisotopic (exact) mass is 238 g/mol. The van der Waals surface area contributed by atoms with Crippen molar-refractivity contribution in [3.63, 3.8) is 0 Å². The molecule has 1 aromatic rings. The van der Waals surface area contributed by atoms with Gasteiger partial charge < -0.3 is 5.32 Å². The van der Waals surface area contributed by atoms with Crippen LogP contribution in [0.15, 0.2) is 18.3 Å². The second-order valence-electron chi connectivity index (χ2n) is 4.81. The number of aryl methyl sites for hydroxylation is 1. The van der Waals surface area contributed by atoms with Gasteiger partial charge >= 0.3 is 0 Å². The molecule has 2 nitrogen and oxygen atoms in total. The first-order valence-electron chi connectivity index (χ1n) is 5.93. The number of pyridine rings is 1. The molecular weight excluding hydrogens is 220 g/mol. The van der Waals surface area contributed by atoms with Gasteiger partial charge in [0.15, 0.2) is 0 Å². The van der Waals surface area contributed by atoms with Gasteiger partial charge in [0.05, 0.1) is 5.69 Å². The Kier molecular flexibility index (Phi) is 3.82. The van der Waals surface area contributed by atoms with E-state index in [0.717, 1.165) is 31.1 Å². The zero-order valence-electron chi connectivity index (χ0n) is 9.80. The number of nitrogens with zero attached hydrogens (tertiary/aromatic N) is 1. The molecule has 2 rings (SSSR count). The van der Waals surface area contributed by atoms with Gasteiger partial charge in [-0.05, 0) is 43.2 Å². The van der Waals surface area contributed by atoms with Crippen LogP contribution in [0.4, 0.5) is 0 Å². The molecule has 1 fully saturated rings. The summed E-state index contributed by atoms with van der Waals surface area (Å²) in [6, 6.07) is 4.09. The maximum atomic E-state index is 5.81. The van der Waals surface area contributed by atoms with Gasteiger partial charge in [-0.2, -0.15) is 0 Å². The van der Waals surface area contributed by atoms with E-state index in [2.05, 4.69) is 23.3 Å². The summed E-state index contributed by atoms with van der Waals surface area (Å²) in [5.41, 5.74) is 2.92. The Morgan fingerprint density at radius 2 is 2.31 bits per heavy atom. The molecule has 0 aliphatic heterocycles. The van der Waals surface area contributed by atoms with E-state index < -0.39 is 0 Å². The number of hydrogen-bond acceptors (Lipinski definition) is 2. The molecule has 0 amide bonds. The summed E-state index contributed by atoms with van der Waals surface area (Å²) in [6.07, 6.45) is 5.65. The lowest BCUT2D eigenvalue weighted by atomic mass is 10.0. The van der Waals surface area contributed by atoms with Crippen molar-refractivity contribution in [3.8, 4) is 0 Å². The average Bonchev–Trinajstić information content (AvgIpc) is 3.02. The largest absolute Gasteiger partial charge is 0.311 e. The summed E-state index contributed by atoms with van der Waals surface area (Å²) >= 11 is 5.81. The van der Waals surface area contributed by atoms with E-state index in [1.165, 1.54) is 18.4 Å². The second kappa shape index (κ2) is 5.15. The number of halogens is 1. The molecule has 0 radical (unpaired) electrons. The fourth-order valence-corrected chi connectivity index (χ4v) is 2.44. The minimum absolute atomic E-state index is 0.504. The van der Waals surface area contributed by atoms with Crippen molar-refractivity contribution in [3.05, 3.63) is 29.6 Å². The van der Waals surface area contributed by atoms with Gasteiger partial charge in [0.2, 0.25) is 0 Å². The van der Waals surface area contributed by atoms with E-state index in [4.69, 9.17) is 11.6 Å². The van der Waals surface area contributed by atoms with Crippen LogP contribution >= 0.6 is 11.6 Å². The minimum atomic E-state index is 0.504. The van der Waals surface area contributed by atoms with Crippen LogP contribution in [-0.4, -0.2) is 17.4 Å². The summed E-state index contributed by atoms with van der Waals surface area (Å²) in [5, 5.41) is 3.51. The van der Waals surface area contributed by atoms with Crippen molar-refractivity contribution in [2.45, 2.75) is 32.7 Å². The fraction of sp³-hybridized carbons (Fsp3) is 0.615. The topological polar surface area (TPSA) is 24.9 Å². The predicted molar refractivity (Wildman–Crippen MR) is 67.7 cm³/mol. The molecule has 0 unspecified atom stereocenters. The third kappa shape index (κ3) is 2.96. The maximum absolute atomic E-state index is 5.81. The van der Waals surface area contributed by atoms with Crippen LogP contribution in [0.3, 0.4) is 0 Å². The van der Waals surface area contributed by atoms with Gasteiger partial charge in [0, 0.05) is 25.2 Å². The normalized spacial score (nSPS) is 17.4. The van der Waals surface area contributed by atoms with Crippen LogP contribution in [0.2, 0.25) is 0 Å². The van der Waals surface area contributed by atoms with Gasteiger partial charge in [-0.25, -0.2) is 0 Å². The van der Waals surface area contributed by atoms with Gasteiger partial charge in [0.25, 0.3) is 0 Å². The van der Waals surface area contributed by atoms with Crippen molar-refractivity contribution in [1.29, 1.82) is 0 Å². The van der Waals surface area contributed by atoms with E-state index >= 15 is 0 Å². The standard InChI is InChI=1S/C13H19ClN2/c1-11-3-2-8-16-12(11)9-15-10-13(4-5-13)6-7-14/h2-3,8,15H,4-7,9-10H2,1H3. The number of hydrogen-bond donors (Lipinski definition) is 1. The average molecular weight is 239 g/mol. The summed E-state index contributed by atoms with van der Waals surface area (Å²) in [5.74, 6) is 0.782. The van der Waals surface area contributed by atoms with Crippen molar-refractivity contribution >= 4 is 11.6 Å². The SMILES string of the molecule is Cc1cccnc1CNCC1(CCCl)CC1. The highest BCUT2D eigenvalue weighted by atomic mass is 35.5. The molecule has 1 aromatic heterocycles. The number of nitrogens with one attached hydrogen (secondary N) is 1. The van der Waals surface area contributed by atoms with Crippen LogP contribution in [-0.2, 0) is 6.54 Å². The van der Waals surface area contributed by atoms with Crippen LogP contribution in [0.1, 0.15) is 30.5 Å². The molecule has 3 heteroatoms. The van der Waals surface area contributed by atoms with E-state index in [1.54, 1.807) is 0 Å². The van der Waals surface area contributed by atoms with Crippen LogP contribution in [0, 0.1) is 12.3 Å². The number of rotatable bonds is 6. The molecule has 0 atom stereocenters. The van der Waals surface area contributed by atoms with Crippen molar-refractivity contribution in [1.82, 2.24) is 10.3 Å². The first-order valence-corrected chi connectivity index (χ1v) is 6.46.